The molecule has 0 bridgehead atoms. The van der Waals surface area contributed by atoms with E-state index in [1.807, 2.05) is 37.2 Å². The van der Waals surface area contributed by atoms with Crippen molar-refractivity contribution in [2.24, 2.45) is 0 Å². The van der Waals surface area contributed by atoms with Crippen molar-refractivity contribution in [1.29, 1.82) is 0 Å². The van der Waals surface area contributed by atoms with Crippen molar-refractivity contribution in [3.63, 3.8) is 0 Å². The highest BCUT2D eigenvalue weighted by Crippen LogP contribution is 2.19. The summed E-state index contributed by atoms with van der Waals surface area (Å²) in [5.41, 5.74) is 1.98. The van der Waals surface area contributed by atoms with Gasteiger partial charge >= 0.3 is 0 Å². The van der Waals surface area contributed by atoms with E-state index in [2.05, 4.69) is 23.2 Å². The molecule has 1 aromatic carbocycles. The molecule has 1 fully saturated rings. The molecule has 1 N–H and O–H groups in total. The number of carbonyl (C=O) groups excluding carboxylic acids is 1. The molecule has 0 aliphatic carbocycles. The zero-order valence-corrected chi connectivity index (χ0v) is 14.1. The Bertz CT molecular complexity index is 489. The fraction of sp³-hybridized carbons (Fsp3) is 0.611. The van der Waals surface area contributed by atoms with Gasteiger partial charge in [-0.25, -0.2) is 0 Å². The lowest BCUT2D eigenvalue weighted by Crippen LogP contribution is -2.41. The molecule has 1 saturated heterocycles. The van der Waals surface area contributed by atoms with E-state index in [1.54, 1.807) is 0 Å². The van der Waals surface area contributed by atoms with Crippen molar-refractivity contribution in [1.82, 2.24) is 15.1 Å². The minimum atomic E-state index is 0.148. The number of amides is 1. The topological polar surface area (TPSA) is 35.6 Å². The Balaban J connectivity index is 2.04. The van der Waals surface area contributed by atoms with Crippen LogP contribution in [0.2, 0.25) is 0 Å². The number of hydrogen-bond acceptors (Lipinski definition) is 3. The van der Waals surface area contributed by atoms with Gasteiger partial charge in [0.05, 0.1) is 0 Å². The van der Waals surface area contributed by atoms with Gasteiger partial charge in [-0.2, -0.15) is 0 Å². The summed E-state index contributed by atoms with van der Waals surface area (Å²) in [5, 5.41) is 3.15. The Morgan fingerprint density at radius 1 is 1.41 bits per heavy atom. The van der Waals surface area contributed by atoms with Crippen molar-refractivity contribution in [3.8, 4) is 0 Å². The third-order valence-electron chi connectivity index (χ3n) is 4.63. The first-order valence-electron chi connectivity index (χ1n) is 8.39. The maximum Gasteiger partial charge on any atom is 0.253 e. The Kier molecular flexibility index (Phi) is 6.40. The molecule has 0 saturated carbocycles. The second-order valence-electron chi connectivity index (χ2n) is 6.12. The van der Waals surface area contributed by atoms with Gasteiger partial charge < -0.3 is 10.2 Å². The van der Waals surface area contributed by atoms with Gasteiger partial charge in [-0.1, -0.05) is 25.1 Å². The molecular formula is C18H29N3O. The van der Waals surface area contributed by atoms with Crippen LogP contribution in [0, 0.1) is 0 Å². The molecule has 0 radical (unpaired) electrons. The third-order valence-corrected chi connectivity index (χ3v) is 4.63. The molecule has 22 heavy (non-hydrogen) atoms. The van der Waals surface area contributed by atoms with E-state index in [-0.39, 0.29) is 5.91 Å². The minimum absolute atomic E-state index is 0.148. The normalized spacial score (nSPS) is 18.6. The van der Waals surface area contributed by atoms with E-state index in [9.17, 15) is 4.79 Å². The molecule has 4 nitrogen and oxygen atoms in total. The van der Waals surface area contributed by atoms with E-state index >= 15 is 0 Å². The molecule has 1 unspecified atom stereocenters. The van der Waals surface area contributed by atoms with Gasteiger partial charge in [0.25, 0.3) is 5.91 Å². The molecule has 1 amide bonds. The van der Waals surface area contributed by atoms with Crippen LogP contribution < -0.4 is 5.32 Å². The van der Waals surface area contributed by atoms with E-state index in [1.165, 1.54) is 19.4 Å². The van der Waals surface area contributed by atoms with Crippen molar-refractivity contribution < 1.29 is 4.79 Å². The molecule has 1 heterocycles. The van der Waals surface area contributed by atoms with Gasteiger partial charge in [0.1, 0.15) is 0 Å². The van der Waals surface area contributed by atoms with Gasteiger partial charge in [0, 0.05) is 25.2 Å². The van der Waals surface area contributed by atoms with E-state index in [4.69, 9.17) is 0 Å². The van der Waals surface area contributed by atoms with Crippen LogP contribution in [0.4, 0.5) is 0 Å². The van der Waals surface area contributed by atoms with Crippen LogP contribution in [0.3, 0.4) is 0 Å². The SMILES string of the molecule is CCN1CCCC1CN(C)C(=O)c1ccccc1CCNC. The smallest absolute Gasteiger partial charge is 0.253 e. The number of likely N-dealkylation sites (tertiary alicyclic amines) is 1. The third kappa shape index (κ3) is 4.08. The van der Waals surface area contributed by atoms with Crippen molar-refractivity contribution in [2.45, 2.75) is 32.2 Å². The van der Waals surface area contributed by atoms with Gasteiger partial charge in [0.15, 0.2) is 0 Å². The Hall–Kier alpha value is -1.39. The quantitative estimate of drug-likeness (QED) is 0.837. The summed E-state index contributed by atoms with van der Waals surface area (Å²) >= 11 is 0. The average molecular weight is 303 g/mol. The predicted molar refractivity (Wildman–Crippen MR) is 91.3 cm³/mol. The summed E-state index contributed by atoms with van der Waals surface area (Å²) in [6.45, 7) is 6.16. The first-order chi connectivity index (χ1) is 10.7. The number of hydrogen-bond donors (Lipinski definition) is 1. The second-order valence-corrected chi connectivity index (χ2v) is 6.12. The zero-order chi connectivity index (χ0) is 15.9. The number of benzene rings is 1. The van der Waals surface area contributed by atoms with Crippen LogP contribution in [-0.2, 0) is 6.42 Å². The Labute approximate surface area is 134 Å². The van der Waals surface area contributed by atoms with E-state index < -0.39 is 0 Å². The molecule has 1 aliphatic heterocycles. The summed E-state index contributed by atoms with van der Waals surface area (Å²) in [5.74, 6) is 0.148. The van der Waals surface area contributed by atoms with E-state index in [0.29, 0.717) is 6.04 Å². The lowest BCUT2D eigenvalue weighted by molar-refractivity contribution is 0.0753. The number of nitrogens with one attached hydrogen (secondary N) is 1. The van der Waals surface area contributed by atoms with Gasteiger partial charge in [0.2, 0.25) is 0 Å². The molecule has 1 aromatic rings. The second kappa shape index (κ2) is 8.30. The molecule has 0 aromatic heterocycles. The predicted octanol–water partition coefficient (Wildman–Crippen LogP) is 2.00. The fourth-order valence-corrected chi connectivity index (χ4v) is 3.33. The minimum Gasteiger partial charge on any atom is -0.340 e. The molecule has 4 heteroatoms. The Morgan fingerprint density at radius 2 is 2.18 bits per heavy atom. The van der Waals surface area contributed by atoms with Gasteiger partial charge in [-0.05, 0) is 57.6 Å². The first-order valence-corrected chi connectivity index (χ1v) is 8.39. The van der Waals surface area contributed by atoms with Crippen LogP contribution in [0.15, 0.2) is 24.3 Å². The summed E-state index contributed by atoms with van der Waals surface area (Å²) in [4.78, 5) is 17.2. The number of carbonyl (C=O) groups is 1. The van der Waals surface area contributed by atoms with Crippen molar-refractivity contribution in [3.05, 3.63) is 35.4 Å². The highest BCUT2D eigenvalue weighted by atomic mass is 16.2. The molecule has 1 aliphatic rings. The average Bonchev–Trinajstić information content (AvgIpc) is 2.99. The maximum absolute atomic E-state index is 12.8. The highest BCUT2D eigenvalue weighted by molar-refractivity contribution is 5.95. The van der Waals surface area contributed by atoms with Gasteiger partial charge in [-0.15, -0.1) is 0 Å². The summed E-state index contributed by atoms with van der Waals surface area (Å²) in [6, 6.07) is 8.50. The standard InChI is InChI=1S/C18H29N3O/c1-4-21-13-7-9-16(21)14-20(3)18(22)17-10-6-5-8-15(17)11-12-19-2/h5-6,8,10,16,19H,4,7,9,11-14H2,1-3H3. The highest BCUT2D eigenvalue weighted by Gasteiger charge is 2.26. The monoisotopic (exact) mass is 303 g/mol. The van der Waals surface area contributed by atoms with E-state index in [0.717, 1.165) is 37.2 Å². The molecule has 122 valence electrons. The summed E-state index contributed by atoms with van der Waals surface area (Å²) < 4.78 is 0. The van der Waals surface area contributed by atoms with Crippen molar-refractivity contribution in [2.75, 3.05) is 40.3 Å². The van der Waals surface area contributed by atoms with Crippen molar-refractivity contribution >= 4 is 5.91 Å². The summed E-state index contributed by atoms with van der Waals surface area (Å²) in [7, 11) is 3.87. The molecular weight excluding hydrogens is 274 g/mol. The molecule has 1 atom stereocenters. The summed E-state index contributed by atoms with van der Waals surface area (Å²) in [6.07, 6.45) is 3.34. The van der Waals surface area contributed by atoms with Crippen LogP contribution in [-0.4, -0.2) is 62.0 Å². The largest absolute Gasteiger partial charge is 0.340 e. The van der Waals surface area contributed by atoms with Crippen LogP contribution in [0.5, 0.6) is 0 Å². The van der Waals surface area contributed by atoms with Crippen LogP contribution in [0.25, 0.3) is 0 Å². The maximum atomic E-state index is 12.8. The zero-order valence-electron chi connectivity index (χ0n) is 14.1. The molecule has 0 spiro atoms. The first kappa shape index (κ1) is 17.0. The number of likely N-dealkylation sites (N-methyl/N-ethyl adjacent to an activating group) is 3. The fourth-order valence-electron chi connectivity index (χ4n) is 3.33. The Morgan fingerprint density at radius 3 is 2.91 bits per heavy atom. The number of rotatable bonds is 7. The van der Waals surface area contributed by atoms with Crippen LogP contribution >= 0.6 is 0 Å². The molecule has 2 rings (SSSR count). The number of nitrogens with zero attached hydrogens (tertiary/aromatic N) is 2. The van der Waals surface area contributed by atoms with Gasteiger partial charge in [-0.3, -0.25) is 9.69 Å². The van der Waals surface area contributed by atoms with Crippen LogP contribution in [0.1, 0.15) is 35.7 Å². The lowest BCUT2D eigenvalue weighted by Gasteiger charge is -2.28. The lowest BCUT2D eigenvalue weighted by atomic mass is 10.0.